The van der Waals surface area contributed by atoms with Gasteiger partial charge in [-0.05, 0) is 19.1 Å². The van der Waals surface area contributed by atoms with Crippen LogP contribution in [0, 0.1) is 6.92 Å². The highest BCUT2D eigenvalue weighted by Gasteiger charge is 2.05. The van der Waals surface area contributed by atoms with Gasteiger partial charge in [-0.15, -0.1) is 11.3 Å². The number of pyridine rings is 1. The third-order valence-electron chi connectivity index (χ3n) is 1.53. The SMILES string of the molecule is Cc1cc2nc(Cl)cc(Cl)c2s1. The fraction of sp³-hybridized carbons (Fsp3) is 0.125. The molecule has 0 saturated heterocycles. The maximum Gasteiger partial charge on any atom is 0.131 e. The molecule has 2 rings (SSSR count). The number of thiophene rings is 1. The molecule has 12 heavy (non-hydrogen) atoms. The van der Waals surface area contributed by atoms with E-state index in [-0.39, 0.29) is 0 Å². The average molecular weight is 218 g/mol. The molecule has 2 aromatic rings. The van der Waals surface area contributed by atoms with E-state index in [1.807, 2.05) is 13.0 Å². The Hall–Kier alpha value is -0.310. The van der Waals surface area contributed by atoms with Crippen molar-refractivity contribution in [3.63, 3.8) is 0 Å². The van der Waals surface area contributed by atoms with Gasteiger partial charge < -0.3 is 0 Å². The van der Waals surface area contributed by atoms with Gasteiger partial charge >= 0.3 is 0 Å². The number of hydrogen-bond acceptors (Lipinski definition) is 2. The highest BCUT2D eigenvalue weighted by atomic mass is 35.5. The highest BCUT2D eigenvalue weighted by Crippen LogP contribution is 2.31. The predicted octanol–water partition coefficient (Wildman–Crippen LogP) is 3.91. The van der Waals surface area contributed by atoms with Crippen LogP contribution in [0.1, 0.15) is 4.88 Å². The van der Waals surface area contributed by atoms with Crippen molar-refractivity contribution in [1.29, 1.82) is 0 Å². The average Bonchev–Trinajstić information content (AvgIpc) is 2.29. The first-order chi connectivity index (χ1) is 5.66. The first-order valence-electron chi connectivity index (χ1n) is 3.39. The lowest BCUT2D eigenvalue weighted by atomic mass is 10.4. The number of rotatable bonds is 0. The van der Waals surface area contributed by atoms with Crippen molar-refractivity contribution in [1.82, 2.24) is 4.98 Å². The second kappa shape index (κ2) is 2.87. The number of fused-ring (bicyclic) bond motifs is 1. The van der Waals surface area contributed by atoms with E-state index in [1.54, 1.807) is 17.4 Å². The van der Waals surface area contributed by atoms with Crippen LogP contribution in [0.4, 0.5) is 0 Å². The molecule has 0 radical (unpaired) electrons. The number of aromatic nitrogens is 1. The zero-order valence-electron chi connectivity index (χ0n) is 6.27. The normalized spacial score (nSPS) is 10.9. The summed E-state index contributed by atoms with van der Waals surface area (Å²) < 4.78 is 1.01. The van der Waals surface area contributed by atoms with E-state index in [0.29, 0.717) is 10.2 Å². The van der Waals surface area contributed by atoms with E-state index in [2.05, 4.69) is 4.98 Å². The van der Waals surface area contributed by atoms with E-state index in [4.69, 9.17) is 23.2 Å². The van der Waals surface area contributed by atoms with Gasteiger partial charge in [0.05, 0.1) is 15.2 Å². The fourth-order valence-electron chi connectivity index (χ4n) is 1.07. The summed E-state index contributed by atoms with van der Waals surface area (Å²) in [7, 11) is 0. The molecule has 0 aliphatic heterocycles. The molecule has 0 atom stereocenters. The summed E-state index contributed by atoms with van der Waals surface area (Å²) in [5, 5.41) is 1.13. The summed E-state index contributed by atoms with van der Waals surface area (Å²) in [6, 6.07) is 3.65. The van der Waals surface area contributed by atoms with Gasteiger partial charge in [0.25, 0.3) is 0 Å². The van der Waals surface area contributed by atoms with Crippen LogP contribution < -0.4 is 0 Å². The Morgan fingerprint density at radius 2 is 2.08 bits per heavy atom. The lowest BCUT2D eigenvalue weighted by Gasteiger charge is -1.92. The molecule has 0 aromatic carbocycles. The van der Waals surface area contributed by atoms with Gasteiger partial charge in [-0.3, -0.25) is 0 Å². The van der Waals surface area contributed by atoms with Gasteiger partial charge in [0.1, 0.15) is 5.15 Å². The van der Waals surface area contributed by atoms with Crippen molar-refractivity contribution >= 4 is 44.8 Å². The monoisotopic (exact) mass is 217 g/mol. The van der Waals surface area contributed by atoms with E-state index in [0.717, 1.165) is 10.2 Å². The first-order valence-corrected chi connectivity index (χ1v) is 4.96. The second-order valence-electron chi connectivity index (χ2n) is 2.50. The summed E-state index contributed by atoms with van der Waals surface area (Å²) in [6.07, 6.45) is 0. The maximum absolute atomic E-state index is 5.96. The molecule has 2 heterocycles. The summed E-state index contributed by atoms with van der Waals surface area (Å²) in [6.45, 7) is 2.02. The molecule has 0 bridgehead atoms. The molecule has 0 aliphatic rings. The molecule has 0 fully saturated rings. The molecule has 0 N–H and O–H groups in total. The molecular weight excluding hydrogens is 213 g/mol. The molecular formula is C8H5Cl2NS. The number of nitrogens with zero attached hydrogens (tertiary/aromatic N) is 1. The number of aryl methyl sites for hydroxylation is 1. The quantitative estimate of drug-likeness (QED) is 0.611. The Morgan fingerprint density at radius 1 is 1.33 bits per heavy atom. The zero-order chi connectivity index (χ0) is 8.72. The van der Waals surface area contributed by atoms with E-state index in [9.17, 15) is 0 Å². The lowest BCUT2D eigenvalue weighted by Crippen LogP contribution is -1.74. The Balaban J connectivity index is 2.88. The molecule has 4 heteroatoms. The van der Waals surface area contributed by atoms with Crippen molar-refractivity contribution in [3.8, 4) is 0 Å². The van der Waals surface area contributed by atoms with E-state index >= 15 is 0 Å². The molecule has 0 unspecified atom stereocenters. The highest BCUT2D eigenvalue weighted by molar-refractivity contribution is 7.19. The van der Waals surface area contributed by atoms with Crippen molar-refractivity contribution in [2.24, 2.45) is 0 Å². The third-order valence-corrected chi connectivity index (χ3v) is 3.20. The van der Waals surface area contributed by atoms with E-state index in [1.165, 1.54) is 4.88 Å². The Labute approximate surface area is 83.9 Å². The van der Waals surface area contributed by atoms with Crippen LogP contribution >= 0.6 is 34.5 Å². The molecule has 0 aliphatic carbocycles. The number of halogens is 2. The van der Waals surface area contributed by atoms with E-state index < -0.39 is 0 Å². The molecule has 1 nitrogen and oxygen atoms in total. The van der Waals surface area contributed by atoms with Gasteiger partial charge in [-0.25, -0.2) is 4.98 Å². The maximum atomic E-state index is 5.96. The first kappa shape index (κ1) is 8.30. The predicted molar refractivity (Wildman–Crippen MR) is 54.4 cm³/mol. The zero-order valence-corrected chi connectivity index (χ0v) is 8.59. The van der Waals surface area contributed by atoms with Crippen LogP contribution in [0.25, 0.3) is 10.2 Å². The van der Waals surface area contributed by atoms with Crippen molar-refractivity contribution in [2.75, 3.05) is 0 Å². The van der Waals surface area contributed by atoms with Crippen LogP contribution in [0.5, 0.6) is 0 Å². The van der Waals surface area contributed by atoms with Crippen molar-refractivity contribution in [3.05, 3.63) is 27.2 Å². The molecule has 0 amide bonds. The Bertz CT molecular complexity index is 436. The Morgan fingerprint density at radius 3 is 2.83 bits per heavy atom. The molecule has 0 spiro atoms. The van der Waals surface area contributed by atoms with Gasteiger partial charge in [-0.1, -0.05) is 23.2 Å². The van der Waals surface area contributed by atoms with Gasteiger partial charge in [0.15, 0.2) is 0 Å². The summed E-state index contributed by atoms with van der Waals surface area (Å²) in [5.74, 6) is 0. The van der Waals surface area contributed by atoms with Gasteiger partial charge in [0, 0.05) is 4.88 Å². The number of hydrogen-bond donors (Lipinski definition) is 0. The smallest absolute Gasteiger partial charge is 0.131 e. The fourth-order valence-corrected chi connectivity index (χ4v) is 2.50. The Kier molecular flexibility index (Phi) is 1.99. The van der Waals surface area contributed by atoms with Crippen LogP contribution in [-0.4, -0.2) is 4.98 Å². The van der Waals surface area contributed by atoms with Crippen LogP contribution in [-0.2, 0) is 0 Å². The second-order valence-corrected chi connectivity index (χ2v) is 4.55. The molecule has 0 saturated carbocycles. The summed E-state index contributed by atoms with van der Waals surface area (Å²) in [4.78, 5) is 5.34. The van der Waals surface area contributed by atoms with Gasteiger partial charge in [-0.2, -0.15) is 0 Å². The minimum Gasteiger partial charge on any atom is -0.235 e. The van der Waals surface area contributed by atoms with Crippen LogP contribution in [0.2, 0.25) is 10.2 Å². The largest absolute Gasteiger partial charge is 0.235 e. The van der Waals surface area contributed by atoms with Crippen molar-refractivity contribution in [2.45, 2.75) is 6.92 Å². The standard InChI is InChI=1S/C8H5Cl2NS/c1-4-2-6-8(12-4)5(9)3-7(10)11-6/h2-3H,1H3. The lowest BCUT2D eigenvalue weighted by molar-refractivity contribution is 1.42. The van der Waals surface area contributed by atoms with Gasteiger partial charge in [0.2, 0.25) is 0 Å². The summed E-state index contributed by atoms with van der Waals surface area (Å²) >= 11 is 13.3. The van der Waals surface area contributed by atoms with Crippen molar-refractivity contribution < 1.29 is 0 Å². The van der Waals surface area contributed by atoms with Crippen LogP contribution in [0.15, 0.2) is 12.1 Å². The van der Waals surface area contributed by atoms with Crippen LogP contribution in [0.3, 0.4) is 0 Å². The third kappa shape index (κ3) is 1.30. The molecule has 62 valence electrons. The minimum absolute atomic E-state index is 0.449. The summed E-state index contributed by atoms with van der Waals surface area (Å²) in [5.41, 5.74) is 0.884. The molecule has 2 aromatic heterocycles. The minimum atomic E-state index is 0.449. The topological polar surface area (TPSA) is 12.9 Å².